The van der Waals surface area contributed by atoms with Crippen LogP contribution in [0.15, 0.2) is 60.7 Å². The Balaban J connectivity index is 1.77. The molecule has 1 aliphatic carbocycles. The van der Waals surface area contributed by atoms with Crippen molar-refractivity contribution in [3.63, 3.8) is 0 Å². The van der Waals surface area contributed by atoms with Gasteiger partial charge in [-0.3, -0.25) is 4.79 Å². The Bertz CT molecular complexity index is 882. The molecule has 0 spiro atoms. The predicted octanol–water partition coefficient (Wildman–Crippen LogP) is 3.32. The van der Waals surface area contributed by atoms with E-state index >= 15 is 0 Å². The first-order valence-electron chi connectivity index (χ1n) is 9.74. The summed E-state index contributed by atoms with van der Waals surface area (Å²) in [5.74, 6) is 4.11. The van der Waals surface area contributed by atoms with Gasteiger partial charge in [-0.05, 0) is 30.5 Å². The average Bonchev–Trinajstić information content (AvgIpc) is 3.06. The van der Waals surface area contributed by atoms with E-state index in [-0.39, 0.29) is 12.3 Å². The number of carbonyl (C=O) groups is 2. The minimum Gasteiger partial charge on any atom is -0.481 e. The fraction of sp³-hybridized carbons (Fsp3) is 0.333. The summed E-state index contributed by atoms with van der Waals surface area (Å²) in [4.78, 5) is 23.6. The van der Waals surface area contributed by atoms with Crippen molar-refractivity contribution in [2.45, 2.75) is 37.9 Å². The van der Waals surface area contributed by atoms with Gasteiger partial charge in [0.05, 0.1) is 18.1 Å². The molecule has 5 heteroatoms. The maximum atomic E-state index is 12.5. The summed E-state index contributed by atoms with van der Waals surface area (Å²) in [5, 5.41) is 19.2. The van der Waals surface area contributed by atoms with Gasteiger partial charge >= 0.3 is 11.9 Å². The van der Waals surface area contributed by atoms with Gasteiger partial charge in [-0.25, -0.2) is 4.79 Å². The number of rotatable bonds is 6. The third-order valence-corrected chi connectivity index (χ3v) is 5.15. The van der Waals surface area contributed by atoms with Crippen LogP contribution in [0, 0.1) is 23.7 Å². The summed E-state index contributed by atoms with van der Waals surface area (Å²) < 4.78 is 5.65. The topological polar surface area (TPSA) is 83.8 Å². The zero-order valence-corrected chi connectivity index (χ0v) is 16.0. The molecule has 29 heavy (non-hydrogen) atoms. The number of aliphatic carboxylic acids is 1. The lowest BCUT2D eigenvalue weighted by Crippen LogP contribution is -2.23. The maximum absolute atomic E-state index is 12.5. The van der Waals surface area contributed by atoms with Gasteiger partial charge in [0.2, 0.25) is 0 Å². The maximum Gasteiger partial charge on any atom is 0.339 e. The van der Waals surface area contributed by atoms with E-state index in [1.165, 1.54) is 0 Å². The number of aliphatic hydroxyl groups excluding tert-OH is 1. The van der Waals surface area contributed by atoms with E-state index in [4.69, 9.17) is 9.84 Å². The van der Waals surface area contributed by atoms with E-state index in [0.29, 0.717) is 24.8 Å². The second-order valence-electron chi connectivity index (χ2n) is 7.25. The van der Waals surface area contributed by atoms with E-state index < -0.39 is 30.1 Å². The normalized spacial score (nSPS) is 21.6. The van der Waals surface area contributed by atoms with Crippen LogP contribution in [-0.4, -0.2) is 34.4 Å². The van der Waals surface area contributed by atoms with Crippen LogP contribution in [0.2, 0.25) is 0 Å². The lowest BCUT2D eigenvalue weighted by atomic mass is 9.91. The number of carboxylic acid groups (broad SMARTS) is 1. The van der Waals surface area contributed by atoms with Crippen LogP contribution in [-0.2, 0) is 16.0 Å². The number of ether oxygens (including phenoxy) is 1. The molecule has 1 saturated carbocycles. The molecule has 0 bridgehead atoms. The number of aliphatic hydroxyl groups is 1. The Kier molecular flexibility index (Phi) is 7.04. The summed E-state index contributed by atoms with van der Waals surface area (Å²) >= 11 is 0. The lowest BCUT2D eigenvalue weighted by Gasteiger charge is -2.17. The van der Waals surface area contributed by atoms with Gasteiger partial charge in [0, 0.05) is 18.3 Å². The third kappa shape index (κ3) is 5.94. The zero-order valence-electron chi connectivity index (χ0n) is 16.0. The number of hydrogen-bond donors (Lipinski definition) is 2. The molecule has 0 amide bonds. The first-order valence-corrected chi connectivity index (χ1v) is 9.74. The smallest absolute Gasteiger partial charge is 0.339 e. The van der Waals surface area contributed by atoms with Crippen molar-refractivity contribution in [1.29, 1.82) is 0 Å². The molecule has 5 nitrogen and oxygen atoms in total. The van der Waals surface area contributed by atoms with Crippen molar-refractivity contribution in [3.8, 4) is 11.8 Å². The van der Waals surface area contributed by atoms with Crippen LogP contribution in [0.4, 0.5) is 0 Å². The molecule has 0 radical (unpaired) electrons. The fourth-order valence-corrected chi connectivity index (χ4v) is 3.63. The highest BCUT2D eigenvalue weighted by molar-refractivity contribution is 5.89. The molecule has 1 unspecified atom stereocenters. The second-order valence-corrected chi connectivity index (χ2v) is 7.25. The number of esters is 1. The van der Waals surface area contributed by atoms with E-state index in [1.54, 1.807) is 24.3 Å². The Hall–Kier alpha value is -3.10. The van der Waals surface area contributed by atoms with Crippen LogP contribution in [0.1, 0.15) is 35.2 Å². The van der Waals surface area contributed by atoms with Crippen molar-refractivity contribution < 1.29 is 24.5 Å². The molecule has 0 aromatic heterocycles. The molecule has 0 heterocycles. The Morgan fingerprint density at radius 3 is 2.34 bits per heavy atom. The molecule has 3 rings (SSSR count). The first kappa shape index (κ1) is 20.6. The van der Waals surface area contributed by atoms with Crippen LogP contribution in [0.5, 0.6) is 0 Å². The molecule has 150 valence electrons. The molecule has 1 aliphatic rings. The average molecular weight is 392 g/mol. The Labute approximate surface area is 170 Å². The van der Waals surface area contributed by atoms with Crippen LogP contribution in [0.25, 0.3) is 0 Å². The van der Waals surface area contributed by atoms with Crippen LogP contribution < -0.4 is 0 Å². The van der Waals surface area contributed by atoms with Gasteiger partial charge in [-0.1, -0.05) is 60.4 Å². The lowest BCUT2D eigenvalue weighted by molar-refractivity contribution is -0.139. The van der Waals surface area contributed by atoms with Crippen LogP contribution >= 0.6 is 0 Å². The standard InChI is InChI=1S/C24H24O5/c25-22-14-12-18(21(22)16-23(26)27)11-13-20(15-17-7-3-1-4-8-17)29-24(28)19-9-5-2-6-10-19/h1-10,18,20-22,25H,12,14-16H2,(H,26,27)/t18-,20?,21+,22-/m1/s1. The fourth-order valence-electron chi connectivity index (χ4n) is 3.63. The minimum atomic E-state index is -0.945. The molecule has 2 aromatic carbocycles. The van der Waals surface area contributed by atoms with E-state index in [1.807, 2.05) is 36.4 Å². The number of carboxylic acids is 1. The largest absolute Gasteiger partial charge is 0.481 e. The van der Waals surface area contributed by atoms with Crippen molar-refractivity contribution in [1.82, 2.24) is 0 Å². The van der Waals surface area contributed by atoms with Crippen molar-refractivity contribution >= 4 is 11.9 Å². The van der Waals surface area contributed by atoms with Crippen molar-refractivity contribution in [3.05, 3.63) is 71.8 Å². The molecular formula is C24H24O5. The number of benzene rings is 2. The van der Waals surface area contributed by atoms with E-state index in [9.17, 15) is 14.7 Å². The van der Waals surface area contributed by atoms with E-state index in [2.05, 4.69) is 11.8 Å². The van der Waals surface area contributed by atoms with Crippen molar-refractivity contribution in [2.75, 3.05) is 0 Å². The number of hydrogen-bond acceptors (Lipinski definition) is 4. The highest BCUT2D eigenvalue weighted by Crippen LogP contribution is 2.34. The summed E-state index contributed by atoms with van der Waals surface area (Å²) in [6.07, 6.45) is 0.165. The summed E-state index contributed by atoms with van der Waals surface area (Å²) in [6, 6.07) is 18.4. The molecule has 1 fully saturated rings. The second kappa shape index (κ2) is 9.90. The minimum absolute atomic E-state index is 0.117. The Morgan fingerprint density at radius 2 is 1.69 bits per heavy atom. The predicted molar refractivity (Wildman–Crippen MR) is 108 cm³/mol. The van der Waals surface area contributed by atoms with Crippen LogP contribution in [0.3, 0.4) is 0 Å². The molecule has 4 atom stereocenters. The quantitative estimate of drug-likeness (QED) is 0.582. The van der Waals surface area contributed by atoms with Gasteiger partial charge < -0.3 is 14.9 Å². The Morgan fingerprint density at radius 1 is 1.03 bits per heavy atom. The molecular weight excluding hydrogens is 368 g/mol. The molecule has 2 aromatic rings. The highest BCUT2D eigenvalue weighted by Gasteiger charge is 2.35. The molecule has 0 saturated heterocycles. The SMILES string of the molecule is O=C(O)C[C@@H]1[C@H](O)CC[C@H]1C#CC(Cc1ccccc1)OC(=O)c1ccccc1. The molecule has 0 aliphatic heterocycles. The van der Waals surface area contributed by atoms with Gasteiger partial charge in [-0.15, -0.1) is 0 Å². The van der Waals surface area contributed by atoms with Gasteiger partial charge in [-0.2, -0.15) is 0 Å². The first-order chi connectivity index (χ1) is 14.0. The zero-order chi connectivity index (χ0) is 20.6. The van der Waals surface area contributed by atoms with Gasteiger partial charge in [0.1, 0.15) is 0 Å². The molecule has 2 N–H and O–H groups in total. The number of carbonyl (C=O) groups excluding carboxylic acids is 1. The monoisotopic (exact) mass is 392 g/mol. The summed E-state index contributed by atoms with van der Waals surface area (Å²) in [6.45, 7) is 0. The summed E-state index contributed by atoms with van der Waals surface area (Å²) in [5.41, 5.74) is 1.44. The highest BCUT2D eigenvalue weighted by atomic mass is 16.5. The third-order valence-electron chi connectivity index (χ3n) is 5.15. The van der Waals surface area contributed by atoms with E-state index in [0.717, 1.165) is 5.56 Å². The van der Waals surface area contributed by atoms with Crippen molar-refractivity contribution in [2.24, 2.45) is 11.8 Å². The summed E-state index contributed by atoms with van der Waals surface area (Å²) in [7, 11) is 0. The van der Waals surface area contributed by atoms with Gasteiger partial charge in [0.25, 0.3) is 0 Å². The van der Waals surface area contributed by atoms with Gasteiger partial charge in [0.15, 0.2) is 6.10 Å².